The largest absolute Gasteiger partial charge is 3.00 e. The molecule has 0 unspecified atom stereocenters. The van der Waals surface area contributed by atoms with Gasteiger partial charge in [-0.25, -0.2) is 0 Å². The Morgan fingerprint density at radius 2 is 0.625 bits per heavy atom. The molecule has 40 heavy (non-hydrogen) atoms. The van der Waals surface area contributed by atoms with Crippen molar-refractivity contribution >= 4 is 52.1 Å². The Hall–Kier alpha value is -3.06. The number of rotatable bonds is 2. The molecule has 0 atom stereocenters. The fourth-order valence-electron chi connectivity index (χ4n) is 2.18. The first-order valence-electron chi connectivity index (χ1n) is 9.85. The van der Waals surface area contributed by atoms with Crippen LogP contribution >= 0.6 is 36.7 Å². The number of hydrogen-bond donors (Lipinski definition) is 1. The molecule has 208 valence electrons. The number of aliphatic hydroxyl groups is 1. The van der Waals surface area contributed by atoms with E-state index in [1.54, 1.807) is 56.5 Å². The van der Waals surface area contributed by atoms with Crippen molar-refractivity contribution in [3.63, 3.8) is 0 Å². The van der Waals surface area contributed by atoms with Crippen molar-refractivity contribution in [2.75, 3.05) is 6.61 Å². The molecule has 0 saturated heterocycles. The van der Waals surface area contributed by atoms with Gasteiger partial charge in [0.25, 0.3) is 0 Å². The smallest absolute Gasteiger partial charge is 0.753 e. The average Bonchev–Trinajstić information content (AvgIpc) is 2.93. The molecule has 0 aromatic carbocycles. The summed E-state index contributed by atoms with van der Waals surface area (Å²) in [5.41, 5.74) is 4.69. The Kier molecular flexibility index (Phi) is 50.4. The number of nitrogens with zero attached hydrogens (tertiary/aromatic N) is 7. The average molecular weight is 679 g/mol. The molecule has 0 aliphatic rings. The van der Waals surface area contributed by atoms with Gasteiger partial charge in [0.15, 0.2) is 0 Å². The molecular formula is C25H31N7O4S3Y+3. The first-order chi connectivity index (χ1) is 17.6. The van der Waals surface area contributed by atoms with E-state index in [0.717, 1.165) is 0 Å². The van der Waals surface area contributed by atoms with Gasteiger partial charge < -0.3 is 37.8 Å². The molecule has 0 saturated carbocycles. The first-order valence-corrected chi connectivity index (χ1v) is 11.1. The molecule has 0 aliphatic heterocycles. The SMILES string of the molecule is CCO.[N-]=C=S.[N-]=C=S.[N-]=C=S.[OH3+].[OH3+].[OH3+].[Y+3].c1cc(-c2ccncc2)ccn1.c1cc(-c2ccncc2)ccn1. The van der Waals surface area contributed by atoms with Gasteiger partial charge in [0, 0.05) is 56.2 Å². The molecule has 0 spiro atoms. The summed E-state index contributed by atoms with van der Waals surface area (Å²) >= 11 is 11.1. The first kappa shape index (κ1) is 49.8. The summed E-state index contributed by atoms with van der Waals surface area (Å²) in [6, 6.07) is 15.9. The zero-order valence-corrected chi connectivity index (χ0v) is 26.8. The predicted octanol–water partition coefficient (Wildman–Crippen LogP) is 3.49. The van der Waals surface area contributed by atoms with Crippen molar-refractivity contribution in [1.82, 2.24) is 19.9 Å². The molecule has 0 aliphatic carbocycles. The zero-order valence-electron chi connectivity index (χ0n) is 21.6. The maximum atomic E-state index is 7.57. The topological polar surface area (TPSA) is 238 Å². The Labute approximate surface area is 274 Å². The van der Waals surface area contributed by atoms with Crippen molar-refractivity contribution in [1.29, 1.82) is 0 Å². The van der Waals surface area contributed by atoms with E-state index in [1.165, 1.54) is 37.7 Å². The van der Waals surface area contributed by atoms with Crippen molar-refractivity contribution in [3.05, 3.63) is 114 Å². The van der Waals surface area contributed by atoms with Crippen molar-refractivity contribution in [2.45, 2.75) is 6.92 Å². The Bertz CT molecular complexity index is 974. The fraction of sp³-hybridized carbons (Fsp3) is 0.0800. The van der Waals surface area contributed by atoms with E-state index in [9.17, 15) is 0 Å². The van der Waals surface area contributed by atoms with Crippen LogP contribution in [0.4, 0.5) is 0 Å². The molecule has 4 heterocycles. The van der Waals surface area contributed by atoms with E-state index >= 15 is 0 Å². The minimum atomic E-state index is 0. The van der Waals surface area contributed by atoms with Crippen LogP contribution in [-0.4, -0.2) is 47.1 Å². The predicted molar refractivity (Wildman–Crippen MR) is 170 cm³/mol. The molecule has 15 heteroatoms. The van der Waals surface area contributed by atoms with Crippen LogP contribution in [0.25, 0.3) is 38.5 Å². The number of thiocarbonyl (C=S) groups is 3. The van der Waals surface area contributed by atoms with Crippen molar-refractivity contribution in [3.8, 4) is 22.3 Å². The normalized spacial score (nSPS) is 6.85. The molecule has 11 nitrogen and oxygen atoms in total. The summed E-state index contributed by atoms with van der Waals surface area (Å²) < 4.78 is 0. The summed E-state index contributed by atoms with van der Waals surface area (Å²) in [5.74, 6) is 0. The number of isothiocyanates is 3. The zero-order chi connectivity index (χ0) is 27.3. The molecule has 0 bridgehead atoms. The van der Waals surface area contributed by atoms with E-state index in [0.29, 0.717) is 0 Å². The molecular weight excluding hydrogens is 647 g/mol. The van der Waals surface area contributed by atoms with Gasteiger partial charge in [-0.3, -0.25) is 19.9 Å². The van der Waals surface area contributed by atoms with Crippen LogP contribution < -0.4 is 0 Å². The monoisotopic (exact) mass is 678 g/mol. The van der Waals surface area contributed by atoms with E-state index in [1.807, 2.05) is 48.5 Å². The van der Waals surface area contributed by atoms with Gasteiger partial charge in [0.05, 0.1) is 0 Å². The van der Waals surface area contributed by atoms with E-state index < -0.39 is 0 Å². The Balaban J connectivity index is -0.0000000973. The summed E-state index contributed by atoms with van der Waals surface area (Å²) in [7, 11) is 0. The van der Waals surface area contributed by atoms with Crippen LogP contribution in [-0.2, 0) is 49.1 Å². The molecule has 0 radical (unpaired) electrons. The third-order valence-electron chi connectivity index (χ3n) is 3.39. The van der Waals surface area contributed by atoms with Crippen LogP contribution in [0, 0.1) is 0 Å². The fourth-order valence-corrected chi connectivity index (χ4v) is 2.18. The number of hydrogen-bond acceptors (Lipinski definition) is 8. The second kappa shape index (κ2) is 40.4. The molecule has 0 amide bonds. The summed E-state index contributed by atoms with van der Waals surface area (Å²) in [5, 5.41) is 33.0. The summed E-state index contributed by atoms with van der Waals surface area (Å²) in [6.07, 6.45) is 14.3. The maximum Gasteiger partial charge on any atom is 3.00 e. The Morgan fingerprint density at radius 1 is 0.525 bits per heavy atom. The maximum absolute atomic E-state index is 7.57. The van der Waals surface area contributed by atoms with E-state index in [2.05, 4.69) is 56.6 Å². The number of aliphatic hydroxyl groups excluding tert-OH is 1. The van der Waals surface area contributed by atoms with Crippen LogP contribution in [0.15, 0.2) is 98.1 Å². The Morgan fingerprint density at radius 3 is 0.725 bits per heavy atom. The van der Waals surface area contributed by atoms with Crippen molar-refractivity contribution in [2.24, 2.45) is 0 Å². The molecule has 10 N–H and O–H groups in total. The minimum absolute atomic E-state index is 0. The van der Waals surface area contributed by atoms with Gasteiger partial charge in [-0.15, -0.1) is 0 Å². The molecule has 0 fully saturated rings. The van der Waals surface area contributed by atoms with Crippen LogP contribution in [0.1, 0.15) is 6.92 Å². The molecule has 4 aromatic heterocycles. The number of pyridine rings is 4. The van der Waals surface area contributed by atoms with Gasteiger partial charge in [0.2, 0.25) is 0 Å². The third kappa shape index (κ3) is 29.5. The van der Waals surface area contributed by atoms with Crippen LogP contribution in [0.3, 0.4) is 0 Å². The molecule has 4 aromatic rings. The quantitative estimate of drug-likeness (QED) is 0.187. The van der Waals surface area contributed by atoms with Gasteiger partial charge in [0.1, 0.15) is 0 Å². The third-order valence-corrected chi connectivity index (χ3v) is 3.39. The van der Waals surface area contributed by atoms with Gasteiger partial charge >= 0.3 is 32.7 Å². The van der Waals surface area contributed by atoms with Crippen molar-refractivity contribution < 1.29 is 54.2 Å². The second-order valence-corrected chi connectivity index (χ2v) is 6.08. The standard InChI is InChI=1S/2C10H8N2.C2H6O.3CNS.3H2O.Y/c2*1-5-11-6-2-9(1)10-3-7-12-8-4-10;1-2-3;3*2-1-3;;;;/h2*1-8H;3H,2H2,1H3;;;;3*1H2;/q;;;3*-1;;;;+3/p+3. The van der Waals surface area contributed by atoms with E-state index in [4.69, 9.17) is 21.3 Å². The minimum Gasteiger partial charge on any atom is -0.753 e. The second-order valence-electron chi connectivity index (χ2n) is 5.53. The summed E-state index contributed by atoms with van der Waals surface area (Å²) in [6.45, 7) is 1.93. The van der Waals surface area contributed by atoms with Gasteiger partial charge in [-0.05, 0) is 77.7 Å². The number of aromatic nitrogens is 4. The summed E-state index contributed by atoms with van der Waals surface area (Å²) in [4.78, 5) is 15.8. The van der Waals surface area contributed by atoms with E-state index in [-0.39, 0.29) is 55.7 Å². The van der Waals surface area contributed by atoms with Crippen LogP contribution in [0.2, 0.25) is 0 Å². The van der Waals surface area contributed by atoms with Gasteiger partial charge in [-0.2, -0.15) is 15.5 Å². The molecule has 4 rings (SSSR count). The van der Waals surface area contributed by atoms with Crippen LogP contribution in [0.5, 0.6) is 0 Å². The van der Waals surface area contributed by atoms with Gasteiger partial charge in [-0.1, -0.05) is 36.7 Å².